The van der Waals surface area contributed by atoms with Crippen LogP contribution in [0, 0.1) is 5.41 Å². The lowest BCUT2D eigenvalue weighted by Gasteiger charge is -2.36. The minimum atomic E-state index is 0. The summed E-state index contributed by atoms with van der Waals surface area (Å²) in [6.45, 7) is 8.59. The van der Waals surface area contributed by atoms with Gasteiger partial charge in [0.1, 0.15) is 0 Å². The maximum atomic E-state index is 5.31. The van der Waals surface area contributed by atoms with Crippen LogP contribution >= 0.6 is 39.9 Å². The van der Waals surface area contributed by atoms with Crippen molar-refractivity contribution in [3.63, 3.8) is 0 Å². The van der Waals surface area contributed by atoms with E-state index in [9.17, 15) is 0 Å². The summed E-state index contributed by atoms with van der Waals surface area (Å²) in [4.78, 5) is 4.75. The number of nitrogens with one attached hydrogen (secondary N) is 2. The third-order valence-corrected chi connectivity index (χ3v) is 5.24. The highest BCUT2D eigenvalue weighted by Gasteiger charge is 2.44. The average Bonchev–Trinajstić information content (AvgIpc) is 3.29. The number of rotatable bonds is 6. The molecule has 1 aliphatic heterocycles. The molecule has 24 heavy (non-hydrogen) atoms. The van der Waals surface area contributed by atoms with E-state index in [1.54, 1.807) is 0 Å². The normalized spacial score (nSPS) is 20.5. The Kier molecular flexibility index (Phi) is 6.96. The van der Waals surface area contributed by atoms with E-state index < -0.39 is 0 Å². The lowest BCUT2D eigenvalue weighted by molar-refractivity contribution is -0.0945. The summed E-state index contributed by atoms with van der Waals surface area (Å²) >= 11 is 3.58. The summed E-state index contributed by atoms with van der Waals surface area (Å²) < 4.78 is 6.46. The van der Waals surface area contributed by atoms with Gasteiger partial charge in [0, 0.05) is 28.4 Å². The monoisotopic (exact) mass is 507 g/mol. The number of hydrogen-bond donors (Lipinski definition) is 2. The maximum absolute atomic E-state index is 5.31. The molecule has 3 rings (SSSR count). The SMILES string of the molecule is CCNC(=NCC1(C)COC1)NCC1(c2cccc(Br)c2)CC1.I. The molecule has 0 unspecified atom stereocenters. The van der Waals surface area contributed by atoms with Gasteiger partial charge >= 0.3 is 0 Å². The summed E-state index contributed by atoms with van der Waals surface area (Å²) in [5, 5.41) is 6.90. The zero-order valence-electron chi connectivity index (χ0n) is 14.4. The fourth-order valence-electron chi connectivity index (χ4n) is 2.94. The predicted molar refractivity (Wildman–Crippen MR) is 113 cm³/mol. The Morgan fingerprint density at radius 2 is 2.04 bits per heavy atom. The molecule has 0 aromatic heterocycles. The summed E-state index contributed by atoms with van der Waals surface area (Å²) in [7, 11) is 0. The Hall–Kier alpha value is -0.340. The first-order valence-corrected chi connectivity index (χ1v) is 9.21. The van der Waals surface area contributed by atoms with Gasteiger partial charge in [-0.25, -0.2) is 0 Å². The van der Waals surface area contributed by atoms with Crippen LogP contribution in [0.5, 0.6) is 0 Å². The van der Waals surface area contributed by atoms with E-state index in [0.29, 0.717) is 0 Å². The van der Waals surface area contributed by atoms with Crippen LogP contribution in [0.15, 0.2) is 33.7 Å². The Bertz CT molecular complexity index is 585. The van der Waals surface area contributed by atoms with Crippen molar-refractivity contribution in [2.75, 3.05) is 32.8 Å². The van der Waals surface area contributed by atoms with E-state index in [2.05, 4.69) is 64.7 Å². The van der Waals surface area contributed by atoms with Gasteiger partial charge in [0.15, 0.2) is 5.96 Å². The van der Waals surface area contributed by atoms with E-state index in [1.807, 2.05) is 0 Å². The lowest BCUT2D eigenvalue weighted by Crippen LogP contribution is -2.45. The van der Waals surface area contributed by atoms with Crippen molar-refractivity contribution in [1.82, 2.24) is 10.6 Å². The molecule has 0 spiro atoms. The van der Waals surface area contributed by atoms with Crippen molar-refractivity contribution in [1.29, 1.82) is 0 Å². The smallest absolute Gasteiger partial charge is 0.191 e. The summed E-state index contributed by atoms with van der Waals surface area (Å²) in [6, 6.07) is 8.68. The molecule has 2 fully saturated rings. The molecule has 0 atom stereocenters. The van der Waals surface area contributed by atoms with E-state index >= 15 is 0 Å². The molecule has 0 bridgehead atoms. The van der Waals surface area contributed by atoms with Crippen LogP contribution < -0.4 is 10.6 Å². The predicted octanol–water partition coefficient (Wildman–Crippen LogP) is 3.69. The number of benzene rings is 1. The fraction of sp³-hybridized carbons (Fsp3) is 0.611. The van der Waals surface area contributed by atoms with E-state index in [0.717, 1.165) is 43.3 Å². The van der Waals surface area contributed by atoms with Crippen LogP contribution in [0.3, 0.4) is 0 Å². The van der Waals surface area contributed by atoms with Crippen LogP contribution in [0.25, 0.3) is 0 Å². The molecule has 1 heterocycles. The zero-order chi connectivity index (χ0) is 16.3. The van der Waals surface area contributed by atoms with Crippen LogP contribution in [0.2, 0.25) is 0 Å². The molecule has 4 nitrogen and oxygen atoms in total. The van der Waals surface area contributed by atoms with Gasteiger partial charge in [-0.05, 0) is 37.5 Å². The first-order valence-electron chi connectivity index (χ1n) is 8.41. The Labute approximate surface area is 170 Å². The zero-order valence-corrected chi connectivity index (χ0v) is 18.3. The average molecular weight is 508 g/mol. The summed E-state index contributed by atoms with van der Waals surface area (Å²) in [6.07, 6.45) is 2.48. The quantitative estimate of drug-likeness (QED) is 0.350. The second-order valence-electron chi connectivity index (χ2n) is 7.14. The van der Waals surface area contributed by atoms with Gasteiger partial charge in [0.2, 0.25) is 0 Å². The van der Waals surface area contributed by atoms with E-state index in [1.165, 1.54) is 18.4 Å². The van der Waals surface area contributed by atoms with Crippen LogP contribution in [-0.2, 0) is 10.2 Å². The molecular formula is C18H27BrIN3O. The van der Waals surface area contributed by atoms with Gasteiger partial charge in [0.25, 0.3) is 0 Å². The topological polar surface area (TPSA) is 45.7 Å². The Morgan fingerprint density at radius 1 is 1.29 bits per heavy atom. The maximum Gasteiger partial charge on any atom is 0.191 e. The molecule has 1 aromatic carbocycles. The van der Waals surface area contributed by atoms with Crippen molar-refractivity contribution in [2.45, 2.75) is 32.1 Å². The van der Waals surface area contributed by atoms with Gasteiger partial charge in [-0.3, -0.25) is 4.99 Å². The standard InChI is InChI=1S/C18H26BrN3O.HI/c1-3-20-16(21-10-17(2)12-23-13-17)22-11-18(7-8-18)14-5-4-6-15(19)9-14;/h4-6,9H,3,7-8,10-13H2,1-2H3,(H2,20,21,22);1H. The largest absolute Gasteiger partial charge is 0.380 e. The molecule has 0 radical (unpaired) electrons. The highest BCUT2D eigenvalue weighted by atomic mass is 127. The second-order valence-corrected chi connectivity index (χ2v) is 8.06. The molecule has 6 heteroatoms. The van der Waals surface area contributed by atoms with Crippen LogP contribution in [-0.4, -0.2) is 38.8 Å². The van der Waals surface area contributed by atoms with Crippen molar-refractivity contribution >= 4 is 45.9 Å². The van der Waals surface area contributed by atoms with Crippen LogP contribution in [0.1, 0.15) is 32.3 Å². The minimum Gasteiger partial charge on any atom is -0.380 e. The molecular weight excluding hydrogens is 481 g/mol. The number of ether oxygens (including phenoxy) is 1. The van der Waals surface area contributed by atoms with Gasteiger partial charge in [-0.15, -0.1) is 24.0 Å². The van der Waals surface area contributed by atoms with Crippen molar-refractivity contribution < 1.29 is 4.74 Å². The molecule has 134 valence electrons. The molecule has 2 N–H and O–H groups in total. The molecule has 1 saturated carbocycles. The van der Waals surface area contributed by atoms with Gasteiger partial charge in [-0.1, -0.05) is 35.0 Å². The third-order valence-electron chi connectivity index (χ3n) is 4.75. The van der Waals surface area contributed by atoms with Gasteiger partial charge < -0.3 is 15.4 Å². The highest BCUT2D eigenvalue weighted by Crippen LogP contribution is 2.48. The van der Waals surface area contributed by atoms with Crippen molar-refractivity contribution in [3.05, 3.63) is 34.3 Å². The molecule has 1 aliphatic carbocycles. The van der Waals surface area contributed by atoms with E-state index in [-0.39, 0.29) is 34.8 Å². The number of guanidine groups is 1. The van der Waals surface area contributed by atoms with Gasteiger partial charge in [-0.2, -0.15) is 0 Å². The number of nitrogens with zero attached hydrogens (tertiary/aromatic N) is 1. The first kappa shape index (κ1) is 20.0. The molecule has 1 aromatic rings. The Morgan fingerprint density at radius 3 is 2.58 bits per heavy atom. The summed E-state index contributed by atoms with van der Waals surface area (Å²) in [5.74, 6) is 0.918. The lowest BCUT2D eigenvalue weighted by atomic mass is 9.89. The summed E-state index contributed by atoms with van der Waals surface area (Å²) in [5.41, 5.74) is 1.89. The van der Waals surface area contributed by atoms with Crippen molar-refractivity contribution in [2.24, 2.45) is 10.4 Å². The second kappa shape index (κ2) is 8.36. The van der Waals surface area contributed by atoms with E-state index in [4.69, 9.17) is 9.73 Å². The number of halogens is 2. The van der Waals surface area contributed by atoms with Crippen LogP contribution in [0.4, 0.5) is 0 Å². The third kappa shape index (κ3) is 4.85. The fourth-order valence-corrected chi connectivity index (χ4v) is 3.34. The Balaban J connectivity index is 0.00000208. The molecule has 2 aliphatic rings. The number of hydrogen-bond acceptors (Lipinski definition) is 2. The molecule has 1 saturated heterocycles. The van der Waals surface area contributed by atoms with Gasteiger partial charge in [0.05, 0.1) is 19.8 Å². The first-order chi connectivity index (χ1) is 11.1. The number of aliphatic imine (C=N–C) groups is 1. The highest BCUT2D eigenvalue weighted by molar-refractivity contribution is 14.0. The van der Waals surface area contributed by atoms with Crippen molar-refractivity contribution in [3.8, 4) is 0 Å². The molecule has 0 amide bonds. The minimum absolute atomic E-state index is 0.